The van der Waals surface area contributed by atoms with E-state index in [1.54, 1.807) is 4.90 Å². The first-order chi connectivity index (χ1) is 10.2. The second-order valence-corrected chi connectivity index (χ2v) is 6.29. The molecule has 4 heteroatoms. The van der Waals surface area contributed by atoms with Crippen LogP contribution in [0.2, 0.25) is 0 Å². The number of hydrogen-bond acceptors (Lipinski definition) is 2. The fourth-order valence-electron chi connectivity index (χ4n) is 3.86. The van der Waals surface area contributed by atoms with Crippen molar-refractivity contribution in [3.63, 3.8) is 0 Å². The number of carbonyl (C=O) groups is 2. The van der Waals surface area contributed by atoms with Gasteiger partial charge in [-0.2, -0.15) is 0 Å². The number of benzene rings is 1. The van der Waals surface area contributed by atoms with Gasteiger partial charge >= 0.3 is 0 Å². The van der Waals surface area contributed by atoms with Crippen LogP contribution in [-0.4, -0.2) is 23.3 Å². The topological polar surface area (TPSA) is 49.4 Å². The first kappa shape index (κ1) is 12.6. The molecule has 3 atom stereocenters. The van der Waals surface area contributed by atoms with E-state index in [2.05, 4.69) is 17.5 Å². The number of nitrogens with zero attached hydrogens (tertiary/aromatic N) is 1. The number of para-hydroxylation sites is 1. The Labute approximate surface area is 123 Å². The van der Waals surface area contributed by atoms with Crippen LogP contribution in [0.15, 0.2) is 36.4 Å². The van der Waals surface area contributed by atoms with Crippen LogP contribution in [0.25, 0.3) is 0 Å². The van der Waals surface area contributed by atoms with Gasteiger partial charge in [0.15, 0.2) is 0 Å². The number of hydrogen-bond donors (Lipinski definition) is 1. The summed E-state index contributed by atoms with van der Waals surface area (Å²) in [6.07, 6.45) is 6.47. The molecule has 21 heavy (non-hydrogen) atoms. The molecule has 1 aliphatic heterocycles. The van der Waals surface area contributed by atoms with Crippen molar-refractivity contribution in [2.45, 2.75) is 19.4 Å². The van der Waals surface area contributed by atoms with Crippen LogP contribution in [0.4, 0.5) is 5.69 Å². The average Bonchev–Trinajstić information content (AvgIpc) is 3.06. The van der Waals surface area contributed by atoms with Gasteiger partial charge in [-0.3, -0.25) is 9.59 Å². The molecule has 2 bridgehead atoms. The van der Waals surface area contributed by atoms with Crippen LogP contribution in [0.3, 0.4) is 0 Å². The molecular formula is C17H18N2O2. The van der Waals surface area contributed by atoms with Crippen LogP contribution in [0.1, 0.15) is 18.4 Å². The molecule has 4 nitrogen and oxygen atoms in total. The second kappa shape index (κ2) is 4.72. The first-order valence-corrected chi connectivity index (χ1v) is 7.55. The predicted molar refractivity (Wildman–Crippen MR) is 79.3 cm³/mol. The van der Waals surface area contributed by atoms with Crippen molar-refractivity contribution in [3.8, 4) is 0 Å². The number of allylic oxidation sites excluding steroid dienone is 2. The van der Waals surface area contributed by atoms with Gasteiger partial charge in [0.05, 0.1) is 0 Å². The maximum absolute atomic E-state index is 12.8. The van der Waals surface area contributed by atoms with Gasteiger partial charge in [-0.15, -0.1) is 0 Å². The minimum atomic E-state index is -0.105. The summed E-state index contributed by atoms with van der Waals surface area (Å²) in [6, 6.07) is 7.71. The largest absolute Gasteiger partial charge is 0.329 e. The smallest absolute Gasteiger partial charge is 0.244 e. The van der Waals surface area contributed by atoms with Gasteiger partial charge in [-0.05, 0) is 36.3 Å². The summed E-state index contributed by atoms with van der Waals surface area (Å²) in [7, 11) is 0. The van der Waals surface area contributed by atoms with Gasteiger partial charge in [-0.25, -0.2) is 0 Å². The van der Waals surface area contributed by atoms with E-state index >= 15 is 0 Å². The highest BCUT2D eigenvalue weighted by atomic mass is 16.2. The summed E-state index contributed by atoms with van der Waals surface area (Å²) in [5.41, 5.74) is 1.83. The fourth-order valence-corrected chi connectivity index (χ4v) is 3.86. The summed E-state index contributed by atoms with van der Waals surface area (Å²) >= 11 is 0. The van der Waals surface area contributed by atoms with Gasteiger partial charge in [0.1, 0.15) is 6.54 Å². The van der Waals surface area contributed by atoms with Crippen molar-refractivity contribution in [3.05, 3.63) is 42.0 Å². The lowest BCUT2D eigenvalue weighted by atomic mass is 9.92. The van der Waals surface area contributed by atoms with Crippen LogP contribution < -0.4 is 5.32 Å². The molecule has 4 rings (SSSR count). The van der Waals surface area contributed by atoms with Gasteiger partial charge in [0.2, 0.25) is 11.8 Å². The van der Waals surface area contributed by atoms with E-state index in [4.69, 9.17) is 0 Å². The Morgan fingerprint density at radius 3 is 2.76 bits per heavy atom. The molecule has 2 aliphatic carbocycles. The monoisotopic (exact) mass is 282 g/mol. The van der Waals surface area contributed by atoms with E-state index in [-0.39, 0.29) is 24.3 Å². The zero-order chi connectivity index (χ0) is 14.4. The average molecular weight is 282 g/mol. The quantitative estimate of drug-likeness (QED) is 0.803. The molecule has 3 aliphatic rings. The normalized spacial score (nSPS) is 30.0. The van der Waals surface area contributed by atoms with E-state index in [0.29, 0.717) is 18.4 Å². The third-order valence-corrected chi connectivity index (χ3v) is 4.89. The minimum Gasteiger partial charge on any atom is -0.329 e. The van der Waals surface area contributed by atoms with Gasteiger partial charge < -0.3 is 10.2 Å². The number of nitrogens with one attached hydrogen (secondary N) is 1. The van der Waals surface area contributed by atoms with Crippen molar-refractivity contribution >= 4 is 17.5 Å². The van der Waals surface area contributed by atoms with E-state index < -0.39 is 0 Å². The molecule has 0 spiro atoms. The fraction of sp³-hybridized carbons (Fsp3) is 0.412. The van der Waals surface area contributed by atoms with E-state index in [1.165, 1.54) is 0 Å². The number of anilines is 1. The zero-order valence-corrected chi connectivity index (χ0v) is 11.8. The van der Waals surface area contributed by atoms with Gasteiger partial charge in [0, 0.05) is 18.2 Å². The highest BCUT2D eigenvalue weighted by Gasteiger charge is 2.42. The maximum atomic E-state index is 12.8. The summed E-state index contributed by atoms with van der Waals surface area (Å²) in [4.78, 5) is 26.5. The number of carbonyl (C=O) groups excluding carboxylic acids is 2. The molecule has 108 valence electrons. The van der Waals surface area contributed by atoms with Crippen LogP contribution in [-0.2, 0) is 16.1 Å². The third kappa shape index (κ3) is 2.15. The number of amides is 2. The SMILES string of the molecule is O=C1CN(C(=O)C2CC3C=CC2C3)Cc2ccccc2N1. The van der Waals surface area contributed by atoms with Crippen molar-refractivity contribution in [2.75, 3.05) is 11.9 Å². The zero-order valence-electron chi connectivity index (χ0n) is 11.8. The Kier molecular flexibility index (Phi) is 2.84. The van der Waals surface area contributed by atoms with Crippen LogP contribution in [0.5, 0.6) is 0 Å². The molecule has 1 aromatic carbocycles. The summed E-state index contributed by atoms with van der Waals surface area (Å²) in [5.74, 6) is 1.05. The molecule has 1 heterocycles. The molecule has 1 saturated carbocycles. The van der Waals surface area contributed by atoms with E-state index in [1.807, 2.05) is 24.3 Å². The first-order valence-electron chi connectivity index (χ1n) is 7.55. The summed E-state index contributed by atoms with van der Waals surface area (Å²) in [6.45, 7) is 0.677. The predicted octanol–water partition coefficient (Wildman–Crippen LogP) is 2.18. The Bertz CT molecular complexity index is 637. The highest BCUT2D eigenvalue weighted by molar-refractivity contribution is 5.96. The van der Waals surface area contributed by atoms with E-state index in [9.17, 15) is 9.59 Å². The lowest BCUT2D eigenvalue weighted by molar-refractivity contribution is -0.139. The molecule has 1 aromatic rings. The van der Waals surface area contributed by atoms with Crippen molar-refractivity contribution < 1.29 is 9.59 Å². The van der Waals surface area contributed by atoms with Crippen molar-refractivity contribution in [1.29, 1.82) is 0 Å². The minimum absolute atomic E-state index is 0.0677. The number of fused-ring (bicyclic) bond motifs is 3. The van der Waals surface area contributed by atoms with Gasteiger partial charge in [-0.1, -0.05) is 30.4 Å². The molecule has 0 radical (unpaired) electrons. The molecule has 2 amide bonds. The second-order valence-electron chi connectivity index (χ2n) is 6.29. The van der Waals surface area contributed by atoms with Crippen LogP contribution >= 0.6 is 0 Å². The van der Waals surface area contributed by atoms with Crippen molar-refractivity contribution in [2.24, 2.45) is 17.8 Å². The highest BCUT2D eigenvalue weighted by Crippen LogP contribution is 2.44. The Morgan fingerprint density at radius 2 is 2.00 bits per heavy atom. The lowest BCUT2D eigenvalue weighted by Gasteiger charge is -2.26. The molecule has 1 fully saturated rings. The van der Waals surface area contributed by atoms with Crippen molar-refractivity contribution in [1.82, 2.24) is 4.90 Å². The summed E-state index contributed by atoms with van der Waals surface area (Å²) < 4.78 is 0. The molecule has 3 unspecified atom stereocenters. The summed E-state index contributed by atoms with van der Waals surface area (Å²) in [5, 5.41) is 2.88. The van der Waals surface area contributed by atoms with E-state index in [0.717, 1.165) is 24.1 Å². The molecule has 1 N–H and O–H groups in total. The standard InChI is InChI=1S/C17H18N2O2/c20-16-10-19(9-13-3-1-2-4-15(13)18-16)17(21)14-8-11-5-6-12(14)7-11/h1-6,11-12,14H,7-10H2,(H,18,20). The Morgan fingerprint density at radius 1 is 1.14 bits per heavy atom. The number of rotatable bonds is 1. The Balaban J connectivity index is 1.59. The van der Waals surface area contributed by atoms with Gasteiger partial charge in [0.25, 0.3) is 0 Å². The molecule has 0 saturated heterocycles. The lowest BCUT2D eigenvalue weighted by Crippen LogP contribution is -2.40. The molecule has 0 aromatic heterocycles. The third-order valence-electron chi connectivity index (χ3n) is 4.89. The maximum Gasteiger partial charge on any atom is 0.244 e. The van der Waals surface area contributed by atoms with Crippen LogP contribution in [0, 0.1) is 17.8 Å². The Hall–Kier alpha value is -2.10. The molecular weight excluding hydrogens is 264 g/mol.